The number of rotatable bonds is 6. The van der Waals surface area contributed by atoms with E-state index >= 15 is 0 Å². The summed E-state index contributed by atoms with van der Waals surface area (Å²) >= 11 is 0. The molecule has 0 spiro atoms. The van der Waals surface area contributed by atoms with Crippen LogP contribution in [-0.4, -0.2) is 37.9 Å². The molecular weight excluding hydrogens is 391 g/mol. The second-order valence-electron chi connectivity index (χ2n) is 7.89. The quantitative estimate of drug-likeness (QED) is 0.661. The van der Waals surface area contributed by atoms with Crippen LogP contribution in [-0.2, 0) is 10.0 Å². The molecule has 3 rings (SSSR count). The van der Waals surface area contributed by atoms with E-state index in [0.29, 0.717) is 17.5 Å². The third-order valence-electron chi connectivity index (χ3n) is 5.69. The van der Waals surface area contributed by atoms with Crippen molar-refractivity contribution in [2.45, 2.75) is 69.2 Å². The Morgan fingerprint density at radius 1 is 1.22 bits per heavy atom. The molecule has 0 aromatic heterocycles. The van der Waals surface area contributed by atoms with Gasteiger partial charge in [0.15, 0.2) is 0 Å². The van der Waals surface area contributed by atoms with E-state index in [-0.39, 0.29) is 30.3 Å². The predicted octanol–water partition coefficient (Wildman–Crippen LogP) is 2.90. The Kier molecular flexibility index (Phi) is 8.06. The molecule has 5 nitrogen and oxygen atoms in total. The Morgan fingerprint density at radius 3 is 2.56 bits per heavy atom. The summed E-state index contributed by atoms with van der Waals surface area (Å²) in [6.45, 7) is 0. The first-order valence-corrected chi connectivity index (χ1v) is 11.4. The van der Waals surface area contributed by atoms with Crippen LogP contribution in [0.3, 0.4) is 0 Å². The Labute approximate surface area is 167 Å². The number of hydrogen-bond acceptors (Lipinski definition) is 4. The van der Waals surface area contributed by atoms with Crippen molar-refractivity contribution in [1.82, 2.24) is 10.0 Å². The monoisotopic (exact) mass is 420 g/mol. The molecule has 154 valence electrons. The molecule has 2 fully saturated rings. The Bertz CT molecular complexity index is 711. The topological polar surface area (TPSA) is 78.4 Å². The molecule has 1 saturated heterocycles. The van der Waals surface area contributed by atoms with Crippen LogP contribution >= 0.6 is 12.4 Å². The SMILES string of the molecule is CS(=O)(=O)NC1CCC(C[C@@H]2CC[C@H]([C@H](O)c3cccc(F)c3)N2)CC1.Cl. The fourth-order valence-corrected chi connectivity index (χ4v) is 5.27. The minimum absolute atomic E-state index is 0. The highest BCUT2D eigenvalue weighted by atomic mass is 35.5. The zero-order valence-electron chi connectivity index (χ0n) is 15.6. The Balaban J connectivity index is 0.00000261. The van der Waals surface area contributed by atoms with Crippen LogP contribution in [0.2, 0.25) is 0 Å². The van der Waals surface area contributed by atoms with Gasteiger partial charge in [-0.25, -0.2) is 17.5 Å². The lowest BCUT2D eigenvalue weighted by Crippen LogP contribution is -2.39. The zero-order chi connectivity index (χ0) is 18.7. The van der Waals surface area contributed by atoms with Crippen molar-refractivity contribution < 1.29 is 17.9 Å². The largest absolute Gasteiger partial charge is 0.387 e. The number of benzene rings is 1. The normalized spacial score (nSPS) is 29.9. The number of sulfonamides is 1. The lowest BCUT2D eigenvalue weighted by atomic mass is 9.82. The van der Waals surface area contributed by atoms with Gasteiger partial charge in [-0.1, -0.05) is 12.1 Å². The zero-order valence-corrected chi connectivity index (χ0v) is 17.2. The number of aliphatic hydroxyl groups excluding tert-OH is 1. The molecule has 0 amide bonds. The van der Waals surface area contributed by atoms with E-state index in [9.17, 15) is 17.9 Å². The van der Waals surface area contributed by atoms with E-state index in [1.807, 2.05) is 0 Å². The molecule has 1 aliphatic heterocycles. The van der Waals surface area contributed by atoms with Gasteiger partial charge in [0.2, 0.25) is 10.0 Å². The van der Waals surface area contributed by atoms with Gasteiger partial charge in [0.25, 0.3) is 0 Å². The van der Waals surface area contributed by atoms with Crippen molar-refractivity contribution in [3.63, 3.8) is 0 Å². The van der Waals surface area contributed by atoms with Crippen LogP contribution in [0.5, 0.6) is 0 Å². The third kappa shape index (κ3) is 6.68. The number of nitrogens with one attached hydrogen (secondary N) is 2. The van der Waals surface area contributed by atoms with Gasteiger partial charge in [0, 0.05) is 18.1 Å². The van der Waals surface area contributed by atoms with Gasteiger partial charge in [-0.3, -0.25) is 0 Å². The second kappa shape index (κ2) is 9.65. The molecule has 0 radical (unpaired) electrons. The van der Waals surface area contributed by atoms with Gasteiger partial charge in [0.1, 0.15) is 5.82 Å². The summed E-state index contributed by atoms with van der Waals surface area (Å²) in [7, 11) is -3.13. The second-order valence-corrected chi connectivity index (χ2v) is 9.67. The van der Waals surface area contributed by atoms with Crippen LogP contribution in [0, 0.1) is 11.7 Å². The van der Waals surface area contributed by atoms with Gasteiger partial charge < -0.3 is 10.4 Å². The van der Waals surface area contributed by atoms with E-state index in [0.717, 1.165) is 44.9 Å². The summed E-state index contributed by atoms with van der Waals surface area (Å²) in [4.78, 5) is 0. The summed E-state index contributed by atoms with van der Waals surface area (Å²) < 4.78 is 38.7. The van der Waals surface area contributed by atoms with E-state index in [1.54, 1.807) is 12.1 Å². The average molecular weight is 421 g/mol. The highest BCUT2D eigenvalue weighted by Gasteiger charge is 2.32. The molecule has 1 heterocycles. The first-order valence-electron chi connectivity index (χ1n) is 9.47. The molecular formula is C19H30ClFN2O3S. The van der Waals surface area contributed by atoms with Crippen molar-refractivity contribution in [1.29, 1.82) is 0 Å². The number of halogens is 2. The van der Waals surface area contributed by atoms with Crippen molar-refractivity contribution >= 4 is 22.4 Å². The van der Waals surface area contributed by atoms with Gasteiger partial charge in [0.05, 0.1) is 12.4 Å². The van der Waals surface area contributed by atoms with Crippen LogP contribution in [0.15, 0.2) is 24.3 Å². The maximum Gasteiger partial charge on any atom is 0.208 e. The number of aliphatic hydroxyl groups is 1. The summed E-state index contributed by atoms with van der Waals surface area (Å²) in [5.41, 5.74) is 0.621. The molecule has 3 N–H and O–H groups in total. The van der Waals surface area contributed by atoms with Crippen molar-refractivity contribution in [2.75, 3.05) is 6.26 Å². The summed E-state index contributed by atoms with van der Waals surface area (Å²) in [5.74, 6) is 0.269. The fourth-order valence-electron chi connectivity index (χ4n) is 4.43. The lowest BCUT2D eigenvalue weighted by Gasteiger charge is -2.30. The first kappa shape index (κ1) is 22.6. The van der Waals surface area contributed by atoms with Gasteiger partial charge in [-0.2, -0.15) is 0 Å². The molecule has 1 saturated carbocycles. The molecule has 0 unspecified atom stereocenters. The van der Waals surface area contributed by atoms with Gasteiger partial charge in [-0.15, -0.1) is 12.4 Å². The van der Waals surface area contributed by atoms with Crippen LogP contribution in [0.1, 0.15) is 56.6 Å². The van der Waals surface area contributed by atoms with Crippen molar-refractivity contribution in [3.05, 3.63) is 35.6 Å². The van der Waals surface area contributed by atoms with E-state index in [4.69, 9.17) is 0 Å². The molecule has 0 bridgehead atoms. The summed E-state index contributed by atoms with van der Waals surface area (Å²) in [5, 5.41) is 14.0. The minimum Gasteiger partial charge on any atom is -0.387 e. The maximum atomic E-state index is 13.4. The van der Waals surface area contributed by atoms with Crippen LogP contribution in [0.25, 0.3) is 0 Å². The van der Waals surface area contributed by atoms with E-state index in [1.165, 1.54) is 18.4 Å². The maximum absolute atomic E-state index is 13.4. The third-order valence-corrected chi connectivity index (χ3v) is 6.45. The minimum atomic E-state index is -3.13. The van der Waals surface area contributed by atoms with Gasteiger partial charge in [-0.05, 0) is 68.6 Å². The molecule has 2 aliphatic rings. The molecule has 3 atom stereocenters. The highest BCUT2D eigenvalue weighted by Crippen LogP contribution is 2.33. The Hall–Kier alpha value is -0.730. The van der Waals surface area contributed by atoms with E-state index < -0.39 is 16.1 Å². The first-order chi connectivity index (χ1) is 12.3. The number of hydrogen-bond donors (Lipinski definition) is 3. The molecule has 1 aromatic rings. The van der Waals surface area contributed by atoms with E-state index in [2.05, 4.69) is 10.0 Å². The standard InChI is InChI=1S/C19H29FN2O3S.ClH/c1-26(24,25)22-16-7-5-13(6-8-16)11-17-9-10-18(21-17)19(23)14-3-2-4-15(20)12-14;/h2-4,12-13,16-19,21-23H,5-11H2,1H3;1H/t13?,16?,17-,18+,19+;/m0./s1. The predicted molar refractivity (Wildman–Crippen MR) is 107 cm³/mol. The van der Waals surface area contributed by atoms with Crippen molar-refractivity contribution in [2.24, 2.45) is 5.92 Å². The molecule has 1 aliphatic carbocycles. The van der Waals surface area contributed by atoms with Crippen molar-refractivity contribution in [3.8, 4) is 0 Å². The summed E-state index contributed by atoms with van der Waals surface area (Å²) in [6, 6.07) is 6.58. The average Bonchev–Trinajstić information content (AvgIpc) is 3.03. The smallest absolute Gasteiger partial charge is 0.208 e. The highest BCUT2D eigenvalue weighted by molar-refractivity contribution is 7.88. The molecule has 1 aromatic carbocycles. The van der Waals surface area contributed by atoms with Crippen LogP contribution in [0.4, 0.5) is 4.39 Å². The molecule has 8 heteroatoms. The van der Waals surface area contributed by atoms with Crippen LogP contribution < -0.4 is 10.0 Å². The molecule has 27 heavy (non-hydrogen) atoms. The van der Waals surface area contributed by atoms with Gasteiger partial charge >= 0.3 is 0 Å². The summed E-state index contributed by atoms with van der Waals surface area (Å²) in [6.07, 6.45) is 7.31. The Morgan fingerprint density at radius 2 is 1.93 bits per heavy atom. The lowest BCUT2D eigenvalue weighted by molar-refractivity contribution is 0.133. The fraction of sp³-hybridized carbons (Fsp3) is 0.684.